The van der Waals surface area contributed by atoms with Gasteiger partial charge in [0.05, 0.1) is 28.4 Å². The molecule has 2 aromatic heterocycles. The van der Waals surface area contributed by atoms with E-state index in [1.54, 1.807) is 6.07 Å². The van der Waals surface area contributed by atoms with E-state index in [9.17, 15) is 9.90 Å². The van der Waals surface area contributed by atoms with Crippen LogP contribution in [-0.2, 0) is 16.9 Å². The molecule has 0 saturated carbocycles. The second-order valence-electron chi connectivity index (χ2n) is 8.02. The Kier molecular flexibility index (Phi) is 5.86. The SMILES string of the molecule is CC(=O)NC(C)(C)c1ccc(Oc2nc3nc(-c4ccc(CO)cc4)c(Cl)cc3[nH]2)cc1. The third-order valence-corrected chi connectivity index (χ3v) is 5.38. The van der Waals surface area contributed by atoms with Crippen LogP contribution in [0.25, 0.3) is 22.4 Å². The zero-order valence-electron chi connectivity index (χ0n) is 17.9. The van der Waals surface area contributed by atoms with Crippen LogP contribution in [0.5, 0.6) is 11.8 Å². The number of hydrogen-bond donors (Lipinski definition) is 3. The summed E-state index contributed by atoms with van der Waals surface area (Å²) in [6.45, 7) is 5.35. The molecule has 164 valence electrons. The molecule has 0 spiro atoms. The first-order valence-corrected chi connectivity index (χ1v) is 10.5. The van der Waals surface area contributed by atoms with Gasteiger partial charge in [-0.25, -0.2) is 4.98 Å². The molecule has 1 amide bonds. The van der Waals surface area contributed by atoms with Crippen LogP contribution in [0, 0.1) is 0 Å². The molecule has 32 heavy (non-hydrogen) atoms. The van der Waals surface area contributed by atoms with Crippen LogP contribution in [0.15, 0.2) is 54.6 Å². The third kappa shape index (κ3) is 4.59. The maximum absolute atomic E-state index is 11.4. The number of nitrogens with zero attached hydrogens (tertiary/aromatic N) is 2. The van der Waals surface area contributed by atoms with Gasteiger partial charge >= 0.3 is 6.01 Å². The van der Waals surface area contributed by atoms with Crippen LogP contribution in [0.3, 0.4) is 0 Å². The van der Waals surface area contributed by atoms with Crippen molar-refractivity contribution in [3.63, 3.8) is 0 Å². The van der Waals surface area contributed by atoms with Crippen molar-refractivity contribution in [1.29, 1.82) is 0 Å². The summed E-state index contributed by atoms with van der Waals surface area (Å²) in [4.78, 5) is 23.5. The Labute approximate surface area is 190 Å². The minimum absolute atomic E-state index is 0.0216. The van der Waals surface area contributed by atoms with Gasteiger partial charge in [0.2, 0.25) is 5.91 Å². The van der Waals surface area contributed by atoms with Gasteiger partial charge in [-0.2, -0.15) is 4.98 Å². The number of H-pyrrole nitrogens is 1. The van der Waals surface area contributed by atoms with Gasteiger partial charge in [0.1, 0.15) is 5.75 Å². The lowest BCUT2D eigenvalue weighted by atomic mass is 9.94. The highest BCUT2D eigenvalue weighted by Gasteiger charge is 2.21. The number of aliphatic hydroxyl groups is 1. The van der Waals surface area contributed by atoms with Crippen LogP contribution < -0.4 is 10.1 Å². The number of hydrogen-bond acceptors (Lipinski definition) is 5. The van der Waals surface area contributed by atoms with Gasteiger partial charge in [-0.3, -0.25) is 4.79 Å². The zero-order valence-corrected chi connectivity index (χ0v) is 18.7. The first-order chi connectivity index (χ1) is 15.2. The first-order valence-electron chi connectivity index (χ1n) is 10.1. The van der Waals surface area contributed by atoms with Crippen LogP contribution in [0.4, 0.5) is 0 Å². The summed E-state index contributed by atoms with van der Waals surface area (Å²) in [6, 6.07) is 16.9. The number of aliphatic hydroxyl groups excluding tert-OH is 1. The van der Waals surface area contributed by atoms with E-state index in [0.717, 1.165) is 16.7 Å². The predicted octanol–water partition coefficient (Wildman–Crippen LogP) is 4.93. The molecule has 0 saturated heterocycles. The van der Waals surface area contributed by atoms with E-state index in [4.69, 9.17) is 16.3 Å². The van der Waals surface area contributed by atoms with E-state index in [1.807, 2.05) is 62.4 Å². The van der Waals surface area contributed by atoms with Gasteiger partial charge in [0.25, 0.3) is 0 Å². The third-order valence-electron chi connectivity index (χ3n) is 5.09. The van der Waals surface area contributed by atoms with Gasteiger partial charge in [-0.05, 0) is 43.2 Å². The number of aromatic amines is 1. The molecule has 4 rings (SSSR count). The minimum Gasteiger partial charge on any atom is -0.426 e. The second-order valence-corrected chi connectivity index (χ2v) is 8.43. The van der Waals surface area contributed by atoms with E-state index in [0.29, 0.717) is 33.6 Å². The number of benzene rings is 2. The van der Waals surface area contributed by atoms with Crippen molar-refractivity contribution in [1.82, 2.24) is 20.3 Å². The number of halogens is 1. The van der Waals surface area contributed by atoms with Crippen LogP contribution in [-0.4, -0.2) is 26.0 Å². The Morgan fingerprint density at radius 3 is 2.44 bits per heavy atom. The summed E-state index contributed by atoms with van der Waals surface area (Å²) < 4.78 is 5.86. The number of aromatic nitrogens is 3. The van der Waals surface area contributed by atoms with E-state index < -0.39 is 5.54 Å². The number of rotatable bonds is 6. The fraction of sp³-hybridized carbons (Fsp3) is 0.208. The topological polar surface area (TPSA) is 100 Å². The van der Waals surface area contributed by atoms with E-state index in [1.165, 1.54) is 6.92 Å². The van der Waals surface area contributed by atoms with Crippen molar-refractivity contribution >= 4 is 28.7 Å². The molecule has 0 fully saturated rings. The van der Waals surface area contributed by atoms with Crippen LogP contribution in [0.1, 0.15) is 31.9 Å². The number of fused-ring (bicyclic) bond motifs is 1. The lowest BCUT2D eigenvalue weighted by Crippen LogP contribution is -2.39. The van der Waals surface area contributed by atoms with Crippen molar-refractivity contribution in [2.24, 2.45) is 0 Å². The van der Waals surface area contributed by atoms with E-state index >= 15 is 0 Å². The van der Waals surface area contributed by atoms with Gasteiger partial charge in [-0.1, -0.05) is 48.0 Å². The summed E-state index contributed by atoms with van der Waals surface area (Å²) in [5, 5.41) is 12.6. The average Bonchev–Trinajstić information content (AvgIpc) is 3.13. The van der Waals surface area contributed by atoms with Gasteiger partial charge in [0.15, 0.2) is 5.65 Å². The van der Waals surface area contributed by atoms with Gasteiger partial charge in [-0.15, -0.1) is 0 Å². The molecule has 2 aromatic carbocycles. The molecule has 2 heterocycles. The molecule has 7 nitrogen and oxygen atoms in total. The Bertz CT molecular complexity index is 1270. The lowest BCUT2D eigenvalue weighted by Gasteiger charge is -2.26. The van der Waals surface area contributed by atoms with Crippen molar-refractivity contribution in [3.8, 4) is 23.0 Å². The molecule has 0 aliphatic rings. The summed E-state index contributed by atoms with van der Waals surface area (Å²) in [7, 11) is 0. The smallest absolute Gasteiger partial charge is 0.301 e. The molecular weight excluding hydrogens is 428 g/mol. The first kappa shape index (κ1) is 21.8. The molecule has 0 aliphatic heterocycles. The minimum atomic E-state index is -0.490. The van der Waals surface area contributed by atoms with Crippen molar-refractivity contribution in [2.75, 3.05) is 0 Å². The highest BCUT2D eigenvalue weighted by atomic mass is 35.5. The summed E-state index contributed by atoms with van der Waals surface area (Å²) in [6.07, 6.45) is 0. The molecule has 0 radical (unpaired) electrons. The van der Waals surface area contributed by atoms with Crippen LogP contribution >= 0.6 is 11.6 Å². The van der Waals surface area contributed by atoms with Crippen molar-refractivity contribution in [2.45, 2.75) is 32.9 Å². The fourth-order valence-corrected chi connectivity index (χ4v) is 3.74. The fourth-order valence-electron chi connectivity index (χ4n) is 3.48. The average molecular weight is 451 g/mol. The number of amides is 1. The highest BCUT2D eigenvalue weighted by Crippen LogP contribution is 2.31. The number of carbonyl (C=O) groups is 1. The van der Waals surface area contributed by atoms with Crippen molar-refractivity contribution < 1.29 is 14.6 Å². The summed E-state index contributed by atoms with van der Waals surface area (Å²) >= 11 is 6.45. The molecule has 8 heteroatoms. The predicted molar refractivity (Wildman–Crippen MR) is 124 cm³/mol. The maximum Gasteiger partial charge on any atom is 0.301 e. The van der Waals surface area contributed by atoms with Crippen molar-refractivity contribution in [3.05, 3.63) is 70.7 Å². The quantitative estimate of drug-likeness (QED) is 0.386. The molecular formula is C24H23ClN4O3. The maximum atomic E-state index is 11.4. The normalized spacial score (nSPS) is 11.5. The molecule has 0 aliphatic carbocycles. The largest absolute Gasteiger partial charge is 0.426 e. The summed E-state index contributed by atoms with van der Waals surface area (Å²) in [5.41, 5.74) is 3.85. The van der Waals surface area contributed by atoms with Crippen LogP contribution in [0.2, 0.25) is 5.02 Å². The van der Waals surface area contributed by atoms with Gasteiger partial charge in [0, 0.05) is 12.5 Å². The number of pyridine rings is 1. The molecule has 0 atom stereocenters. The Morgan fingerprint density at radius 1 is 1.12 bits per heavy atom. The molecule has 4 aromatic rings. The van der Waals surface area contributed by atoms with E-state index in [-0.39, 0.29) is 12.5 Å². The number of imidazole rings is 1. The Balaban J connectivity index is 1.57. The zero-order chi connectivity index (χ0) is 22.9. The lowest BCUT2D eigenvalue weighted by molar-refractivity contribution is -0.120. The monoisotopic (exact) mass is 450 g/mol. The standard InChI is InChI=1S/C24H23ClN4O3/c1-14(31)29-24(2,3)17-8-10-18(11-9-17)32-23-26-20-12-19(25)21(27-22(20)28-23)16-6-4-15(13-30)5-7-16/h4-12,30H,13H2,1-3H3,(H,29,31)(H,26,27,28). The molecule has 0 bridgehead atoms. The second kappa shape index (κ2) is 8.61. The Hall–Kier alpha value is -3.42. The molecule has 0 unspecified atom stereocenters. The summed E-state index contributed by atoms with van der Waals surface area (Å²) in [5.74, 6) is 0.504. The van der Waals surface area contributed by atoms with Gasteiger partial charge < -0.3 is 20.1 Å². The number of carbonyl (C=O) groups excluding carboxylic acids is 1. The highest BCUT2D eigenvalue weighted by molar-refractivity contribution is 6.33. The molecule has 3 N–H and O–H groups in total. The Morgan fingerprint density at radius 2 is 1.81 bits per heavy atom. The number of ether oxygens (including phenoxy) is 1. The number of nitrogens with one attached hydrogen (secondary N) is 2. The van der Waals surface area contributed by atoms with E-state index in [2.05, 4.69) is 20.3 Å².